The Hall–Kier alpha value is -0.870. The van der Waals surface area contributed by atoms with Crippen molar-refractivity contribution in [2.45, 2.75) is 26.4 Å². The summed E-state index contributed by atoms with van der Waals surface area (Å²) >= 11 is 0. The Labute approximate surface area is 91.3 Å². The molecule has 4 nitrogen and oxygen atoms in total. The van der Waals surface area contributed by atoms with E-state index >= 15 is 0 Å². The van der Waals surface area contributed by atoms with Crippen LogP contribution < -0.4 is 5.32 Å². The molecule has 0 fully saturated rings. The molecule has 1 atom stereocenters. The summed E-state index contributed by atoms with van der Waals surface area (Å²) in [4.78, 5) is 0. The second-order valence-electron chi connectivity index (χ2n) is 4.29. The van der Waals surface area contributed by atoms with Gasteiger partial charge in [-0.25, -0.2) is 0 Å². The molecule has 0 radical (unpaired) electrons. The van der Waals surface area contributed by atoms with E-state index in [-0.39, 0.29) is 6.10 Å². The highest BCUT2D eigenvalue weighted by atomic mass is 16.3. The third-order valence-electron chi connectivity index (χ3n) is 2.47. The number of hydrogen-bond acceptors (Lipinski definition) is 3. The summed E-state index contributed by atoms with van der Waals surface area (Å²) in [5.74, 6) is 0.316. The molecule has 0 spiro atoms. The highest BCUT2D eigenvalue weighted by Gasteiger charge is 2.07. The van der Waals surface area contributed by atoms with Crippen LogP contribution >= 0.6 is 0 Å². The number of aryl methyl sites for hydroxylation is 1. The first-order valence-corrected chi connectivity index (χ1v) is 5.46. The van der Waals surface area contributed by atoms with Gasteiger partial charge in [-0.3, -0.25) is 4.68 Å². The smallest absolute Gasteiger partial charge is 0.0687 e. The molecule has 15 heavy (non-hydrogen) atoms. The molecular weight excluding hydrogens is 190 g/mol. The van der Waals surface area contributed by atoms with Gasteiger partial charge in [-0.2, -0.15) is 5.10 Å². The predicted molar refractivity (Wildman–Crippen MR) is 60.6 cm³/mol. The van der Waals surface area contributed by atoms with E-state index in [0.29, 0.717) is 12.5 Å². The van der Waals surface area contributed by atoms with Gasteiger partial charge in [-0.1, -0.05) is 13.8 Å². The fourth-order valence-electron chi connectivity index (χ4n) is 1.32. The lowest BCUT2D eigenvalue weighted by molar-refractivity contribution is 0.124. The minimum atomic E-state index is -0.251. The van der Waals surface area contributed by atoms with Crippen LogP contribution in [0, 0.1) is 5.92 Å². The zero-order chi connectivity index (χ0) is 11.3. The van der Waals surface area contributed by atoms with Gasteiger partial charge >= 0.3 is 0 Å². The van der Waals surface area contributed by atoms with Crippen molar-refractivity contribution in [3.05, 3.63) is 18.0 Å². The molecule has 0 saturated carbocycles. The van der Waals surface area contributed by atoms with Gasteiger partial charge in [-0.05, 0) is 24.4 Å². The molecule has 86 valence electrons. The van der Waals surface area contributed by atoms with Crippen molar-refractivity contribution in [1.82, 2.24) is 15.1 Å². The first-order valence-electron chi connectivity index (χ1n) is 5.46. The minimum absolute atomic E-state index is 0.251. The summed E-state index contributed by atoms with van der Waals surface area (Å²) in [6.07, 6.45) is 4.60. The summed E-state index contributed by atoms with van der Waals surface area (Å²) in [7, 11) is 1.92. The number of hydrogen-bond donors (Lipinski definition) is 2. The number of aromatic nitrogens is 2. The van der Waals surface area contributed by atoms with Crippen molar-refractivity contribution >= 4 is 0 Å². The lowest BCUT2D eigenvalue weighted by atomic mass is 10.1. The van der Waals surface area contributed by atoms with Crippen molar-refractivity contribution in [2.24, 2.45) is 13.0 Å². The third kappa shape index (κ3) is 4.44. The Morgan fingerprint density at radius 3 is 2.80 bits per heavy atom. The lowest BCUT2D eigenvalue weighted by Gasteiger charge is -2.14. The fraction of sp³-hybridized carbons (Fsp3) is 0.727. The average molecular weight is 211 g/mol. The van der Waals surface area contributed by atoms with Gasteiger partial charge in [-0.15, -0.1) is 0 Å². The van der Waals surface area contributed by atoms with E-state index in [0.717, 1.165) is 13.0 Å². The monoisotopic (exact) mass is 211 g/mol. The van der Waals surface area contributed by atoms with Crippen LogP contribution in [0.4, 0.5) is 0 Å². The summed E-state index contributed by atoms with van der Waals surface area (Å²) in [5, 5.41) is 16.9. The molecule has 0 amide bonds. The van der Waals surface area contributed by atoms with E-state index in [1.807, 2.05) is 33.3 Å². The first kappa shape index (κ1) is 12.2. The van der Waals surface area contributed by atoms with Gasteiger partial charge < -0.3 is 10.4 Å². The molecule has 2 N–H and O–H groups in total. The van der Waals surface area contributed by atoms with Crippen LogP contribution in [0.5, 0.6) is 0 Å². The second kappa shape index (κ2) is 5.88. The SMILES string of the molecule is CC(C)C(O)CNCCc1cnn(C)c1. The first-order chi connectivity index (χ1) is 7.09. The highest BCUT2D eigenvalue weighted by Crippen LogP contribution is 1.99. The maximum atomic E-state index is 9.55. The lowest BCUT2D eigenvalue weighted by Crippen LogP contribution is -2.31. The van der Waals surface area contributed by atoms with Crippen molar-refractivity contribution in [2.75, 3.05) is 13.1 Å². The maximum absolute atomic E-state index is 9.55. The van der Waals surface area contributed by atoms with Crippen LogP contribution in [0.25, 0.3) is 0 Å². The minimum Gasteiger partial charge on any atom is -0.392 e. The molecule has 1 heterocycles. The van der Waals surface area contributed by atoms with Gasteiger partial charge in [0.05, 0.1) is 12.3 Å². The molecular formula is C11H21N3O. The molecule has 0 aliphatic rings. The van der Waals surface area contributed by atoms with Gasteiger partial charge in [0.15, 0.2) is 0 Å². The largest absolute Gasteiger partial charge is 0.392 e. The highest BCUT2D eigenvalue weighted by molar-refractivity contribution is 5.03. The van der Waals surface area contributed by atoms with Crippen LogP contribution in [0.1, 0.15) is 19.4 Å². The van der Waals surface area contributed by atoms with E-state index in [1.165, 1.54) is 5.56 Å². The van der Waals surface area contributed by atoms with E-state index < -0.39 is 0 Å². The molecule has 1 rings (SSSR count). The number of rotatable bonds is 6. The average Bonchev–Trinajstić information content (AvgIpc) is 2.58. The van der Waals surface area contributed by atoms with Crippen molar-refractivity contribution in [3.63, 3.8) is 0 Å². The van der Waals surface area contributed by atoms with Gasteiger partial charge in [0.1, 0.15) is 0 Å². The van der Waals surface area contributed by atoms with Gasteiger partial charge in [0.2, 0.25) is 0 Å². The summed E-state index contributed by atoms with van der Waals surface area (Å²) in [6.45, 7) is 5.59. The Kier molecular flexibility index (Phi) is 4.78. The molecule has 4 heteroatoms. The summed E-state index contributed by atoms with van der Waals surface area (Å²) < 4.78 is 1.80. The van der Waals surface area contributed by atoms with Crippen molar-refractivity contribution < 1.29 is 5.11 Å². The fourth-order valence-corrected chi connectivity index (χ4v) is 1.32. The van der Waals surface area contributed by atoms with E-state index in [2.05, 4.69) is 10.4 Å². The van der Waals surface area contributed by atoms with Crippen LogP contribution in [0.2, 0.25) is 0 Å². The zero-order valence-electron chi connectivity index (χ0n) is 9.77. The quantitative estimate of drug-likeness (QED) is 0.676. The third-order valence-corrected chi connectivity index (χ3v) is 2.47. The Morgan fingerprint density at radius 2 is 2.27 bits per heavy atom. The Morgan fingerprint density at radius 1 is 1.53 bits per heavy atom. The van der Waals surface area contributed by atoms with Crippen molar-refractivity contribution in [3.8, 4) is 0 Å². The molecule has 1 aromatic heterocycles. The maximum Gasteiger partial charge on any atom is 0.0687 e. The zero-order valence-corrected chi connectivity index (χ0v) is 9.77. The topological polar surface area (TPSA) is 50.1 Å². The van der Waals surface area contributed by atoms with Crippen LogP contribution in [0.15, 0.2) is 12.4 Å². The van der Waals surface area contributed by atoms with E-state index in [9.17, 15) is 5.11 Å². The molecule has 0 aromatic carbocycles. The van der Waals surface area contributed by atoms with E-state index in [4.69, 9.17) is 0 Å². The number of nitrogens with one attached hydrogen (secondary N) is 1. The van der Waals surface area contributed by atoms with Crippen LogP contribution in [0.3, 0.4) is 0 Å². The summed E-state index contributed by atoms with van der Waals surface area (Å²) in [6, 6.07) is 0. The van der Waals surface area contributed by atoms with E-state index in [1.54, 1.807) is 4.68 Å². The molecule has 1 unspecified atom stereocenters. The molecule has 0 aliphatic heterocycles. The standard InChI is InChI=1S/C11H21N3O/c1-9(2)11(15)7-12-5-4-10-6-13-14(3)8-10/h6,8-9,11-12,15H,4-5,7H2,1-3H3. The Balaban J connectivity index is 2.12. The molecule has 0 bridgehead atoms. The normalized spacial score (nSPS) is 13.4. The Bertz CT molecular complexity index is 283. The van der Waals surface area contributed by atoms with Gasteiger partial charge in [0.25, 0.3) is 0 Å². The number of aliphatic hydroxyl groups excluding tert-OH is 1. The molecule has 0 aliphatic carbocycles. The predicted octanol–water partition coefficient (Wildman–Crippen LogP) is 0.569. The molecule has 0 saturated heterocycles. The van der Waals surface area contributed by atoms with Gasteiger partial charge in [0, 0.05) is 19.8 Å². The number of nitrogens with zero attached hydrogens (tertiary/aromatic N) is 2. The van der Waals surface area contributed by atoms with Crippen LogP contribution in [-0.2, 0) is 13.5 Å². The molecule has 1 aromatic rings. The number of aliphatic hydroxyl groups is 1. The van der Waals surface area contributed by atoms with Crippen molar-refractivity contribution in [1.29, 1.82) is 0 Å². The summed E-state index contributed by atoms with van der Waals surface area (Å²) in [5.41, 5.74) is 1.23. The second-order valence-corrected chi connectivity index (χ2v) is 4.29. The van der Waals surface area contributed by atoms with Crippen LogP contribution in [-0.4, -0.2) is 34.1 Å².